The number of nitrogens with zero attached hydrogens (tertiary/aromatic N) is 2. The quantitative estimate of drug-likeness (QED) is 0.612. The number of methoxy groups -OCH3 is 2. The third-order valence-corrected chi connectivity index (χ3v) is 4.30. The normalized spacial score (nSPS) is 11.2. The van der Waals surface area contributed by atoms with Crippen molar-refractivity contribution in [3.8, 4) is 11.5 Å². The Morgan fingerprint density at radius 1 is 1.12 bits per heavy atom. The highest BCUT2D eigenvalue weighted by Crippen LogP contribution is 2.24. The molecular weight excluding hydrogens is 337 g/mol. The molecule has 2 heterocycles. The van der Waals surface area contributed by atoms with Crippen LogP contribution in [0.5, 0.6) is 11.5 Å². The number of ether oxygens (including phenoxy) is 2. The van der Waals surface area contributed by atoms with Gasteiger partial charge in [0.25, 0.3) is 5.56 Å². The lowest BCUT2D eigenvalue weighted by Crippen LogP contribution is -2.21. The van der Waals surface area contributed by atoms with Crippen LogP contribution in [0.4, 0.5) is 4.39 Å². The first kappa shape index (κ1) is 16.1. The molecule has 0 saturated heterocycles. The molecule has 26 heavy (non-hydrogen) atoms. The highest BCUT2D eigenvalue weighted by atomic mass is 19.1. The van der Waals surface area contributed by atoms with Crippen molar-refractivity contribution in [2.45, 2.75) is 6.54 Å². The smallest absolute Gasteiger partial charge is 0.277 e. The van der Waals surface area contributed by atoms with E-state index in [1.807, 2.05) is 12.1 Å². The number of H-pyrrole nitrogens is 1. The van der Waals surface area contributed by atoms with Crippen LogP contribution in [0.3, 0.4) is 0 Å². The first-order valence-electron chi connectivity index (χ1n) is 7.97. The molecule has 2 aromatic carbocycles. The number of rotatable bonds is 4. The minimum Gasteiger partial charge on any atom is -0.497 e. The maximum atomic E-state index is 13.5. The van der Waals surface area contributed by atoms with Crippen LogP contribution in [0.25, 0.3) is 21.9 Å². The molecule has 0 spiro atoms. The standard InChI is InChI=1S/C19H16FN3O3/c1-25-13-5-11(6-14(8-13)26-2)9-23-10-21-17-15-7-12(20)3-4-16(15)22-18(17)19(23)24/h3-8,10,22H,9H2,1-2H3. The minimum atomic E-state index is -0.368. The Morgan fingerprint density at radius 3 is 2.54 bits per heavy atom. The molecule has 4 rings (SSSR count). The molecule has 1 N–H and O–H groups in total. The average Bonchev–Trinajstić information content (AvgIpc) is 3.02. The number of fused-ring (bicyclic) bond motifs is 3. The summed E-state index contributed by atoms with van der Waals surface area (Å²) in [6, 6.07) is 9.75. The van der Waals surface area contributed by atoms with Crippen molar-refractivity contribution in [1.82, 2.24) is 14.5 Å². The summed E-state index contributed by atoms with van der Waals surface area (Å²) in [7, 11) is 3.14. The Labute approximate surface area is 147 Å². The van der Waals surface area contributed by atoms with E-state index in [9.17, 15) is 9.18 Å². The van der Waals surface area contributed by atoms with Gasteiger partial charge in [-0.3, -0.25) is 9.36 Å². The fraction of sp³-hybridized carbons (Fsp3) is 0.158. The van der Waals surface area contributed by atoms with Gasteiger partial charge in [-0.25, -0.2) is 9.37 Å². The Balaban J connectivity index is 1.82. The summed E-state index contributed by atoms with van der Waals surface area (Å²) < 4.78 is 25.5. The van der Waals surface area contributed by atoms with Gasteiger partial charge in [-0.2, -0.15) is 0 Å². The monoisotopic (exact) mass is 353 g/mol. The zero-order valence-electron chi connectivity index (χ0n) is 14.2. The first-order chi connectivity index (χ1) is 12.6. The number of halogens is 1. The second-order valence-corrected chi connectivity index (χ2v) is 5.94. The summed E-state index contributed by atoms with van der Waals surface area (Å²) >= 11 is 0. The molecule has 0 atom stereocenters. The Kier molecular flexibility index (Phi) is 3.84. The summed E-state index contributed by atoms with van der Waals surface area (Å²) in [5.41, 5.74) is 2.10. The van der Waals surface area contributed by atoms with Crippen molar-refractivity contribution in [1.29, 1.82) is 0 Å². The van der Waals surface area contributed by atoms with E-state index < -0.39 is 0 Å². The lowest BCUT2D eigenvalue weighted by Gasteiger charge is -2.10. The predicted octanol–water partition coefficient (Wildman–Crippen LogP) is 3.08. The van der Waals surface area contributed by atoms with Gasteiger partial charge in [0, 0.05) is 17.0 Å². The third kappa shape index (κ3) is 2.67. The van der Waals surface area contributed by atoms with Crippen molar-refractivity contribution in [3.05, 3.63) is 64.5 Å². The van der Waals surface area contributed by atoms with Gasteiger partial charge in [0.15, 0.2) is 0 Å². The topological polar surface area (TPSA) is 69.1 Å². The van der Waals surface area contributed by atoms with E-state index in [1.165, 1.54) is 23.0 Å². The van der Waals surface area contributed by atoms with Gasteiger partial charge < -0.3 is 14.5 Å². The maximum Gasteiger partial charge on any atom is 0.277 e. The molecule has 0 saturated carbocycles. The van der Waals surface area contributed by atoms with E-state index >= 15 is 0 Å². The summed E-state index contributed by atoms with van der Waals surface area (Å²) in [5.74, 6) is 0.915. The summed E-state index contributed by atoms with van der Waals surface area (Å²) in [6.07, 6.45) is 1.47. The van der Waals surface area contributed by atoms with E-state index in [2.05, 4.69) is 9.97 Å². The van der Waals surface area contributed by atoms with Crippen LogP contribution in [0, 0.1) is 5.82 Å². The van der Waals surface area contributed by atoms with E-state index in [0.29, 0.717) is 40.0 Å². The highest BCUT2D eigenvalue weighted by Gasteiger charge is 2.12. The van der Waals surface area contributed by atoms with Crippen LogP contribution in [-0.4, -0.2) is 28.8 Å². The molecule has 0 amide bonds. The van der Waals surface area contributed by atoms with Crippen LogP contribution in [-0.2, 0) is 6.54 Å². The number of nitrogens with one attached hydrogen (secondary N) is 1. The zero-order valence-corrected chi connectivity index (χ0v) is 14.2. The molecule has 0 aliphatic heterocycles. The second-order valence-electron chi connectivity index (χ2n) is 5.94. The second kappa shape index (κ2) is 6.18. The molecule has 2 aromatic heterocycles. The van der Waals surface area contributed by atoms with Gasteiger partial charge in [0.1, 0.15) is 28.3 Å². The molecular formula is C19H16FN3O3. The van der Waals surface area contributed by atoms with Gasteiger partial charge in [0.05, 0.1) is 27.1 Å². The van der Waals surface area contributed by atoms with Crippen LogP contribution in [0.15, 0.2) is 47.5 Å². The Hall–Kier alpha value is -3.35. The molecule has 7 heteroatoms. The lowest BCUT2D eigenvalue weighted by molar-refractivity contribution is 0.393. The Bertz CT molecular complexity index is 1160. The van der Waals surface area contributed by atoms with Gasteiger partial charge >= 0.3 is 0 Å². The number of benzene rings is 2. The summed E-state index contributed by atoms with van der Waals surface area (Å²) in [5, 5.41) is 0.590. The molecule has 4 aromatic rings. The molecule has 0 fully saturated rings. The summed E-state index contributed by atoms with van der Waals surface area (Å²) in [6.45, 7) is 0.305. The average molecular weight is 353 g/mol. The van der Waals surface area contributed by atoms with Crippen LogP contribution >= 0.6 is 0 Å². The van der Waals surface area contributed by atoms with Crippen molar-refractivity contribution in [2.75, 3.05) is 14.2 Å². The van der Waals surface area contributed by atoms with Crippen molar-refractivity contribution >= 4 is 21.9 Å². The lowest BCUT2D eigenvalue weighted by atomic mass is 10.2. The highest BCUT2D eigenvalue weighted by molar-refractivity contribution is 6.04. The fourth-order valence-electron chi connectivity index (χ4n) is 3.03. The van der Waals surface area contributed by atoms with Crippen molar-refractivity contribution < 1.29 is 13.9 Å². The van der Waals surface area contributed by atoms with E-state index in [1.54, 1.807) is 26.4 Å². The molecule has 0 bridgehead atoms. The van der Waals surface area contributed by atoms with E-state index in [0.717, 1.165) is 5.56 Å². The summed E-state index contributed by atoms with van der Waals surface area (Å²) in [4.78, 5) is 20.2. The largest absolute Gasteiger partial charge is 0.497 e. The number of aromatic nitrogens is 3. The van der Waals surface area contributed by atoms with Gasteiger partial charge in [-0.15, -0.1) is 0 Å². The SMILES string of the molecule is COc1cc(Cn2cnc3c([nH]c4ccc(F)cc43)c2=O)cc(OC)c1. The van der Waals surface area contributed by atoms with E-state index in [-0.39, 0.29) is 11.4 Å². The number of aromatic amines is 1. The van der Waals surface area contributed by atoms with Gasteiger partial charge in [-0.1, -0.05) is 0 Å². The zero-order chi connectivity index (χ0) is 18.3. The number of hydrogen-bond donors (Lipinski definition) is 1. The van der Waals surface area contributed by atoms with Crippen LogP contribution in [0.2, 0.25) is 0 Å². The third-order valence-electron chi connectivity index (χ3n) is 4.30. The van der Waals surface area contributed by atoms with Gasteiger partial charge in [0.2, 0.25) is 0 Å². The molecule has 0 aliphatic carbocycles. The van der Waals surface area contributed by atoms with E-state index in [4.69, 9.17) is 9.47 Å². The predicted molar refractivity (Wildman–Crippen MR) is 96.5 cm³/mol. The minimum absolute atomic E-state index is 0.228. The Morgan fingerprint density at radius 2 is 1.85 bits per heavy atom. The number of hydrogen-bond acceptors (Lipinski definition) is 4. The van der Waals surface area contributed by atoms with Crippen molar-refractivity contribution in [3.63, 3.8) is 0 Å². The van der Waals surface area contributed by atoms with Gasteiger partial charge in [-0.05, 0) is 35.9 Å². The molecule has 0 unspecified atom stereocenters. The fourth-order valence-corrected chi connectivity index (χ4v) is 3.03. The molecule has 132 valence electrons. The van der Waals surface area contributed by atoms with Crippen LogP contribution < -0.4 is 15.0 Å². The maximum absolute atomic E-state index is 13.5. The first-order valence-corrected chi connectivity index (χ1v) is 7.97. The molecule has 0 radical (unpaired) electrons. The molecule has 6 nitrogen and oxygen atoms in total. The molecule has 0 aliphatic rings. The van der Waals surface area contributed by atoms with Crippen molar-refractivity contribution in [2.24, 2.45) is 0 Å². The van der Waals surface area contributed by atoms with Crippen LogP contribution in [0.1, 0.15) is 5.56 Å².